The molecule has 4 aromatic carbocycles. The summed E-state index contributed by atoms with van der Waals surface area (Å²) in [5.74, 6) is -3.03. The summed E-state index contributed by atoms with van der Waals surface area (Å²) in [6, 6.07) is 7.13. The Labute approximate surface area is 450 Å². The van der Waals surface area contributed by atoms with Crippen molar-refractivity contribution in [2.45, 2.75) is 24.5 Å². The molecule has 0 atom stereocenters. The molecule has 1 heterocycles. The van der Waals surface area contributed by atoms with Crippen LogP contribution in [-0.4, -0.2) is 79.8 Å². The van der Waals surface area contributed by atoms with Gasteiger partial charge in [0.1, 0.15) is 51.1 Å². The maximum atomic E-state index is 13.9. The predicted octanol–water partition coefficient (Wildman–Crippen LogP) is -13.5. The van der Waals surface area contributed by atoms with Crippen molar-refractivity contribution < 1.29 is 218 Å². The number of nitrogens with zero attached hydrogens (tertiary/aromatic N) is 5. The summed E-state index contributed by atoms with van der Waals surface area (Å²) >= 11 is 5.95. The molecule has 5 aromatic rings. The van der Waals surface area contributed by atoms with Gasteiger partial charge in [-0.25, -0.2) is 33.7 Å². The molecule has 0 aliphatic carbocycles. The number of aromatic nitrogens is 3. The van der Waals surface area contributed by atoms with Gasteiger partial charge in [0.15, 0.2) is 0 Å². The van der Waals surface area contributed by atoms with Crippen molar-refractivity contribution in [3.8, 4) is 5.75 Å². The second-order valence-corrected chi connectivity index (χ2v) is 17.4. The molecular formula is C25H13ClN7Na5O16S5. The predicted molar refractivity (Wildman–Crippen MR) is 174 cm³/mol. The molecule has 0 amide bonds. The monoisotopic (exact) mass is 977 g/mol. The van der Waals surface area contributed by atoms with Crippen LogP contribution in [0.15, 0.2) is 95.4 Å². The summed E-state index contributed by atoms with van der Waals surface area (Å²) in [6.07, 6.45) is 0. The Morgan fingerprint density at radius 3 is 1.59 bits per heavy atom. The topological polar surface area (TPSA) is 394 Å². The fraction of sp³-hybridized carbons (Fsp3) is 0. The minimum Gasteiger partial charge on any atom is -0.870 e. The van der Waals surface area contributed by atoms with E-state index >= 15 is 0 Å². The average molecular weight is 978 g/mol. The van der Waals surface area contributed by atoms with Crippen LogP contribution < -0.4 is 164 Å². The van der Waals surface area contributed by atoms with Gasteiger partial charge >= 0.3 is 148 Å². The van der Waals surface area contributed by atoms with Crippen LogP contribution in [0.5, 0.6) is 5.75 Å². The molecular weight excluding hydrogens is 965 g/mol. The van der Waals surface area contributed by atoms with E-state index in [1.807, 2.05) is 0 Å². The number of hydrogen-bond donors (Lipinski definition) is 3. The first-order valence-corrected chi connectivity index (χ1v) is 20.9. The quantitative estimate of drug-likeness (QED) is 0.0628. The normalized spacial score (nSPS) is 11.9. The first-order chi connectivity index (χ1) is 24.7. The zero-order chi connectivity index (χ0) is 40.2. The second kappa shape index (κ2) is 22.3. The zero-order valence-electron chi connectivity index (χ0n) is 30.5. The third kappa shape index (κ3) is 14.8. The first kappa shape index (κ1) is 59.0. The van der Waals surface area contributed by atoms with E-state index in [9.17, 15) is 70.0 Å². The summed E-state index contributed by atoms with van der Waals surface area (Å²) in [5.41, 5.74) is -3.46. The van der Waals surface area contributed by atoms with Gasteiger partial charge in [0, 0.05) is 5.69 Å². The molecule has 0 unspecified atom stereocenters. The van der Waals surface area contributed by atoms with Crippen LogP contribution in [0.2, 0.25) is 5.28 Å². The maximum absolute atomic E-state index is 13.9. The van der Waals surface area contributed by atoms with E-state index in [4.69, 9.17) is 11.6 Å². The number of rotatable bonds is 11. The zero-order valence-corrected chi connectivity index (χ0v) is 45.3. The molecule has 0 saturated heterocycles. The summed E-state index contributed by atoms with van der Waals surface area (Å²) in [6.45, 7) is 0. The van der Waals surface area contributed by atoms with Crippen molar-refractivity contribution in [3.05, 3.63) is 65.9 Å². The second-order valence-electron chi connectivity index (χ2n) is 10.2. The fourth-order valence-corrected chi connectivity index (χ4v) is 7.59. The van der Waals surface area contributed by atoms with E-state index in [1.54, 1.807) is 0 Å². The molecule has 0 aliphatic heterocycles. The summed E-state index contributed by atoms with van der Waals surface area (Å²) in [7, 11) is -26.6. The standard InChI is InChI=1S/C25H18ClN7O16S5.5Na/c26-23-29-24(27-15-9-12(50(35,36)37)5-6-18(15)53(44,45)46)31-25(30-23)28-16-10-13(51(38,39)40)7-11-8-19(54(47,48)49)21(22(34)20(11)16)33-32-14-3-1-2-4-17(14)52(41,42)43;;;;;/h1-10,34H,(H,35,36,37)(H,38,39,40)(H,41,42,43)(H,44,45,46)(H,47,48,49)(H2,27,28,29,30,31);;;;;/q;5*+1/p-5. The van der Waals surface area contributed by atoms with Gasteiger partial charge in [-0.05, 0) is 70.9 Å². The van der Waals surface area contributed by atoms with Crippen molar-refractivity contribution in [3.63, 3.8) is 0 Å². The van der Waals surface area contributed by atoms with E-state index in [-0.39, 0.29) is 148 Å². The van der Waals surface area contributed by atoms with Crippen molar-refractivity contribution >= 4 is 108 Å². The molecule has 34 heteroatoms. The Balaban J connectivity index is 0.00000673. The number of hydrogen-bond acceptors (Lipinski definition) is 22. The van der Waals surface area contributed by atoms with Crippen LogP contribution in [-0.2, 0) is 50.6 Å². The fourth-order valence-electron chi connectivity index (χ4n) is 4.52. The van der Waals surface area contributed by atoms with Crippen LogP contribution in [0.25, 0.3) is 10.8 Å². The van der Waals surface area contributed by atoms with Gasteiger partial charge < -0.3 is 34.0 Å². The van der Waals surface area contributed by atoms with E-state index < -0.39 is 132 Å². The minimum absolute atomic E-state index is 0. The SMILES string of the molecule is O=S(=O)([O-])c1ccc(S(=O)(=O)[O-])c(Nc2nc(Cl)nc(Nc3cc(S(=O)(=O)[O-])cc4cc(S(=O)(=O)O)c(N=Nc5ccccc5S(=O)(=O)[O-])c([O-])c34)n2)c1.[Na+].[Na+].[Na+].[Na+].[Na+]. The van der Waals surface area contributed by atoms with Crippen molar-refractivity contribution in [1.82, 2.24) is 15.0 Å². The molecule has 3 N–H and O–H groups in total. The molecule has 0 aliphatic rings. The Morgan fingerprint density at radius 2 is 1.08 bits per heavy atom. The molecule has 0 radical (unpaired) electrons. The molecule has 5 rings (SSSR count). The van der Waals surface area contributed by atoms with Crippen molar-refractivity contribution in [1.29, 1.82) is 0 Å². The van der Waals surface area contributed by atoms with Gasteiger partial charge in [0.2, 0.25) is 17.2 Å². The van der Waals surface area contributed by atoms with Crippen LogP contribution in [0.1, 0.15) is 0 Å². The number of fused-ring (bicyclic) bond motifs is 1. The Hall–Kier alpha value is -0.01000. The summed E-state index contributed by atoms with van der Waals surface area (Å²) in [4.78, 5) is 5.65. The molecule has 286 valence electrons. The number of azo groups is 1. The molecule has 1 aromatic heterocycles. The van der Waals surface area contributed by atoms with Gasteiger partial charge in [-0.3, -0.25) is 4.55 Å². The third-order valence-corrected chi connectivity index (χ3v) is 11.1. The van der Waals surface area contributed by atoms with E-state index in [0.29, 0.717) is 36.4 Å². The average Bonchev–Trinajstić information content (AvgIpc) is 3.01. The van der Waals surface area contributed by atoms with Gasteiger partial charge in [-0.2, -0.15) is 23.4 Å². The van der Waals surface area contributed by atoms with Gasteiger partial charge in [0.05, 0.1) is 31.0 Å². The van der Waals surface area contributed by atoms with E-state index in [1.165, 1.54) is 6.07 Å². The smallest absolute Gasteiger partial charge is 0.870 e. The largest absolute Gasteiger partial charge is 1.00 e. The number of halogens is 1. The van der Waals surface area contributed by atoms with Crippen LogP contribution in [0.4, 0.5) is 34.6 Å². The Kier molecular flexibility index (Phi) is 22.3. The molecule has 0 spiro atoms. The summed E-state index contributed by atoms with van der Waals surface area (Å²) in [5, 5.41) is 23.2. The van der Waals surface area contributed by atoms with Gasteiger partial charge in [0.25, 0.3) is 10.1 Å². The molecule has 0 bridgehead atoms. The Bertz CT molecular complexity index is 3030. The van der Waals surface area contributed by atoms with Crippen LogP contribution in [0, 0.1) is 0 Å². The van der Waals surface area contributed by atoms with Crippen molar-refractivity contribution in [2.75, 3.05) is 10.6 Å². The van der Waals surface area contributed by atoms with E-state index in [0.717, 1.165) is 18.2 Å². The van der Waals surface area contributed by atoms with Crippen LogP contribution in [0.3, 0.4) is 0 Å². The van der Waals surface area contributed by atoms with Gasteiger partial charge in [-0.15, -0.1) is 10.2 Å². The van der Waals surface area contributed by atoms with Crippen LogP contribution >= 0.6 is 11.6 Å². The first-order valence-electron chi connectivity index (χ1n) is 13.5. The minimum atomic E-state index is -5.44. The Morgan fingerprint density at radius 1 is 0.576 bits per heavy atom. The third-order valence-electron chi connectivity index (χ3n) is 6.67. The number of benzene rings is 4. The number of anilines is 4. The molecule has 23 nitrogen and oxygen atoms in total. The molecule has 59 heavy (non-hydrogen) atoms. The summed E-state index contributed by atoms with van der Waals surface area (Å²) < 4.78 is 176. The maximum Gasteiger partial charge on any atom is 1.00 e. The number of nitrogens with one attached hydrogen (secondary N) is 2. The van der Waals surface area contributed by atoms with E-state index in [2.05, 4.69) is 35.8 Å². The van der Waals surface area contributed by atoms with Gasteiger partial charge in [-0.1, -0.05) is 17.9 Å². The van der Waals surface area contributed by atoms with Crippen molar-refractivity contribution in [2.24, 2.45) is 10.2 Å². The molecule has 0 saturated carbocycles. The molecule has 0 fully saturated rings.